The Morgan fingerprint density at radius 2 is 1.89 bits per heavy atom. The van der Waals surface area contributed by atoms with Crippen molar-refractivity contribution < 1.29 is 4.79 Å². The topological polar surface area (TPSA) is 69.5 Å². The summed E-state index contributed by atoms with van der Waals surface area (Å²) in [5.41, 5.74) is 6.31. The van der Waals surface area contributed by atoms with E-state index in [4.69, 9.17) is 0 Å². The second-order valence-electron chi connectivity index (χ2n) is 7.95. The molecule has 0 aliphatic heterocycles. The van der Waals surface area contributed by atoms with Crippen molar-refractivity contribution >= 4 is 5.78 Å². The lowest BCUT2D eigenvalue weighted by atomic mass is 9.75. The minimum Gasteiger partial charge on any atom is -0.358 e. The number of H-pyrrole nitrogens is 1. The van der Waals surface area contributed by atoms with Crippen LogP contribution in [0.25, 0.3) is 11.3 Å². The summed E-state index contributed by atoms with van der Waals surface area (Å²) in [5, 5.41) is 9.46. The van der Waals surface area contributed by atoms with Crippen molar-refractivity contribution in [2.24, 2.45) is 5.41 Å². The molecule has 134 valence electrons. The third-order valence-corrected chi connectivity index (χ3v) is 5.23. The van der Waals surface area contributed by atoms with E-state index in [0.29, 0.717) is 18.4 Å². The molecule has 1 N–H and O–H groups in total. The molecular weight excluding hydrogens is 334 g/mol. The first-order valence-corrected chi connectivity index (χ1v) is 9.14. The van der Waals surface area contributed by atoms with E-state index in [-0.39, 0.29) is 11.2 Å². The van der Waals surface area contributed by atoms with Crippen LogP contribution in [0.4, 0.5) is 0 Å². The lowest BCUT2D eigenvalue weighted by molar-refractivity contribution is 0.0911. The van der Waals surface area contributed by atoms with E-state index in [1.165, 1.54) is 0 Å². The van der Waals surface area contributed by atoms with Crippen molar-refractivity contribution in [3.63, 3.8) is 0 Å². The van der Waals surface area contributed by atoms with E-state index in [1.807, 2.05) is 36.4 Å². The molecular formula is C23H21N3O. The van der Waals surface area contributed by atoms with Gasteiger partial charge in [0.25, 0.3) is 0 Å². The van der Waals surface area contributed by atoms with Crippen LogP contribution in [0.2, 0.25) is 0 Å². The molecule has 4 nitrogen and oxygen atoms in total. The molecule has 0 atom stereocenters. The smallest absolute Gasteiger partial charge is 0.165 e. The van der Waals surface area contributed by atoms with Gasteiger partial charge in [-0.15, -0.1) is 0 Å². The van der Waals surface area contributed by atoms with E-state index in [1.54, 1.807) is 12.4 Å². The average molecular weight is 355 g/mol. The zero-order valence-electron chi connectivity index (χ0n) is 15.5. The Kier molecular flexibility index (Phi) is 4.16. The Morgan fingerprint density at radius 3 is 2.63 bits per heavy atom. The molecule has 0 unspecified atom stereocenters. The van der Waals surface area contributed by atoms with Crippen molar-refractivity contribution in [2.45, 2.75) is 33.1 Å². The molecule has 0 saturated carbocycles. The second kappa shape index (κ2) is 6.51. The van der Waals surface area contributed by atoms with Crippen molar-refractivity contribution in [2.75, 3.05) is 0 Å². The Hall–Kier alpha value is -3.19. The van der Waals surface area contributed by atoms with Crippen LogP contribution in [0.3, 0.4) is 0 Å². The number of carbonyl (C=O) groups excluding carboxylic acids is 1. The number of Topliss-reactive ketones (excluding diaryl/α,β-unsaturated/α-hetero) is 1. The molecule has 4 rings (SSSR count). The molecule has 27 heavy (non-hydrogen) atoms. The van der Waals surface area contributed by atoms with Crippen LogP contribution in [0.1, 0.15) is 53.0 Å². The molecule has 2 heterocycles. The number of aromatic nitrogens is 2. The van der Waals surface area contributed by atoms with Gasteiger partial charge in [0.1, 0.15) is 0 Å². The summed E-state index contributed by atoms with van der Waals surface area (Å²) < 4.78 is 0. The third kappa shape index (κ3) is 3.17. The fourth-order valence-electron chi connectivity index (χ4n) is 4.04. The van der Waals surface area contributed by atoms with E-state index < -0.39 is 0 Å². The van der Waals surface area contributed by atoms with E-state index in [0.717, 1.165) is 40.1 Å². The number of ketones is 1. The summed E-state index contributed by atoms with van der Waals surface area (Å²) in [6.07, 6.45) is 5.45. The number of pyridine rings is 1. The van der Waals surface area contributed by atoms with Gasteiger partial charge in [0.15, 0.2) is 5.78 Å². The summed E-state index contributed by atoms with van der Waals surface area (Å²) in [6.45, 7) is 4.26. The number of hydrogen-bond donors (Lipinski definition) is 1. The molecule has 3 aromatic rings. The number of nitrogens with zero attached hydrogens (tertiary/aromatic N) is 2. The number of rotatable bonds is 3. The summed E-state index contributed by atoms with van der Waals surface area (Å²) >= 11 is 0. The summed E-state index contributed by atoms with van der Waals surface area (Å²) in [5.74, 6) is 0.183. The maximum absolute atomic E-state index is 13.0. The summed E-state index contributed by atoms with van der Waals surface area (Å²) in [6, 6.07) is 13.8. The van der Waals surface area contributed by atoms with E-state index >= 15 is 0 Å². The van der Waals surface area contributed by atoms with Crippen molar-refractivity contribution in [3.05, 3.63) is 76.7 Å². The lowest BCUT2D eigenvalue weighted by Crippen LogP contribution is -2.27. The van der Waals surface area contributed by atoms with Crippen molar-refractivity contribution in [1.29, 1.82) is 5.26 Å². The molecule has 0 saturated heterocycles. The Morgan fingerprint density at radius 1 is 1.15 bits per heavy atom. The molecule has 1 aliphatic carbocycles. The highest BCUT2D eigenvalue weighted by Crippen LogP contribution is 2.40. The van der Waals surface area contributed by atoms with Gasteiger partial charge in [-0.2, -0.15) is 5.26 Å². The van der Waals surface area contributed by atoms with Crippen LogP contribution in [0, 0.1) is 16.7 Å². The van der Waals surface area contributed by atoms with Gasteiger partial charge in [-0.25, -0.2) is 0 Å². The number of carbonyl (C=O) groups is 1. The van der Waals surface area contributed by atoms with Gasteiger partial charge in [0.05, 0.1) is 17.3 Å². The zero-order chi connectivity index (χ0) is 19.0. The summed E-state index contributed by atoms with van der Waals surface area (Å²) in [7, 11) is 0. The Balaban J connectivity index is 1.90. The molecule has 1 aliphatic rings. The van der Waals surface area contributed by atoms with Gasteiger partial charge in [-0.1, -0.05) is 32.0 Å². The van der Waals surface area contributed by atoms with Crippen LogP contribution in [0.15, 0.2) is 48.8 Å². The third-order valence-electron chi connectivity index (χ3n) is 5.23. The minimum absolute atomic E-state index is 0.0493. The molecule has 4 heteroatoms. The predicted octanol–water partition coefficient (Wildman–Crippen LogP) is 4.69. The molecule has 1 aromatic carbocycles. The highest BCUT2D eigenvalue weighted by Gasteiger charge is 2.35. The first-order chi connectivity index (χ1) is 13.0. The number of nitrogens with one attached hydrogen (secondary N) is 1. The maximum Gasteiger partial charge on any atom is 0.165 e. The van der Waals surface area contributed by atoms with Gasteiger partial charge in [0.2, 0.25) is 0 Å². The zero-order valence-corrected chi connectivity index (χ0v) is 15.5. The highest BCUT2D eigenvalue weighted by molar-refractivity contribution is 6.02. The number of hydrogen-bond acceptors (Lipinski definition) is 3. The second-order valence-corrected chi connectivity index (χ2v) is 7.95. The van der Waals surface area contributed by atoms with Crippen LogP contribution in [-0.2, 0) is 12.8 Å². The Labute approximate surface area is 158 Å². The van der Waals surface area contributed by atoms with Crippen LogP contribution >= 0.6 is 0 Å². The fraction of sp³-hybridized carbons (Fsp3) is 0.261. The molecule has 0 fully saturated rings. The van der Waals surface area contributed by atoms with Gasteiger partial charge >= 0.3 is 0 Å². The number of nitriles is 1. The van der Waals surface area contributed by atoms with Crippen molar-refractivity contribution in [3.8, 4) is 17.3 Å². The molecule has 0 amide bonds. The maximum atomic E-state index is 13.0. The highest BCUT2D eigenvalue weighted by atomic mass is 16.1. The molecule has 0 radical (unpaired) electrons. The van der Waals surface area contributed by atoms with Crippen LogP contribution in [0.5, 0.6) is 0 Å². The van der Waals surface area contributed by atoms with Crippen LogP contribution in [-0.4, -0.2) is 15.8 Å². The largest absolute Gasteiger partial charge is 0.358 e. The number of fused-ring (bicyclic) bond motifs is 1. The quantitative estimate of drug-likeness (QED) is 0.741. The van der Waals surface area contributed by atoms with Gasteiger partial charge < -0.3 is 4.98 Å². The van der Waals surface area contributed by atoms with E-state index in [9.17, 15) is 10.1 Å². The van der Waals surface area contributed by atoms with E-state index in [2.05, 4.69) is 29.9 Å². The normalized spacial score (nSPS) is 15.2. The van der Waals surface area contributed by atoms with Gasteiger partial charge in [-0.05, 0) is 41.2 Å². The monoisotopic (exact) mass is 355 g/mol. The lowest BCUT2D eigenvalue weighted by Gasteiger charge is -2.28. The average Bonchev–Trinajstić information content (AvgIpc) is 3.00. The SMILES string of the molecule is CC1(C)CC(=O)c2c([nH]c(-c3ccncc3)c2Cc2ccccc2C#N)C1. The van der Waals surface area contributed by atoms with Crippen molar-refractivity contribution in [1.82, 2.24) is 9.97 Å². The Bertz CT molecular complexity index is 1050. The first kappa shape index (κ1) is 17.2. The minimum atomic E-state index is -0.0493. The number of aromatic amines is 1. The summed E-state index contributed by atoms with van der Waals surface area (Å²) in [4.78, 5) is 20.7. The van der Waals surface area contributed by atoms with Gasteiger partial charge in [0, 0.05) is 42.1 Å². The molecule has 2 aromatic heterocycles. The fourth-order valence-corrected chi connectivity index (χ4v) is 4.04. The standard InChI is InChI=1S/C23H21N3O/c1-23(2)12-19-21(20(27)13-23)18(11-16-5-3-4-6-17(16)14-24)22(26-19)15-7-9-25-10-8-15/h3-10,26H,11-13H2,1-2H3. The van der Waals surface area contributed by atoms with Crippen LogP contribution < -0.4 is 0 Å². The molecule has 0 spiro atoms. The first-order valence-electron chi connectivity index (χ1n) is 9.14. The number of benzene rings is 1. The van der Waals surface area contributed by atoms with Gasteiger partial charge in [-0.3, -0.25) is 9.78 Å². The molecule has 0 bridgehead atoms. The predicted molar refractivity (Wildman–Crippen MR) is 104 cm³/mol.